The molecule has 0 heterocycles. The number of hydrogen-bond donors (Lipinski definition) is 1. The molecule has 3 aromatic rings. The number of rotatable bonds is 7. The Labute approximate surface area is 158 Å². The summed E-state index contributed by atoms with van der Waals surface area (Å²) in [6.07, 6.45) is 3.84. The lowest BCUT2D eigenvalue weighted by molar-refractivity contribution is 0.0693. The number of aromatic carboxylic acids is 1. The highest BCUT2D eigenvalue weighted by molar-refractivity contribution is 5.91. The number of carbonyl (C=O) groups is 1. The minimum Gasteiger partial charge on any atom is -0.496 e. The zero-order chi connectivity index (χ0) is 19.1. The van der Waals surface area contributed by atoms with Crippen molar-refractivity contribution in [2.75, 3.05) is 7.11 Å². The maximum absolute atomic E-state index is 11.2. The zero-order valence-electron chi connectivity index (χ0n) is 15.0. The summed E-state index contributed by atoms with van der Waals surface area (Å²) < 4.78 is 11.1. The minimum atomic E-state index is -1.01. The summed E-state index contributed by atoms with van der Waals surface area (Å²) in [6, 6.07) is 22.8. The van der Waals surface area contributed by atoms with Crippen molar-refractivity contribution in [1.29, 1.82) is 0 Å². The molecule has 0 spiro atoms. The predicted octanol–water partition coefficient (Wildman–Crippen LogP) is 5.14. The molecule has 1 N–H and O–H groups in total. The van der Waals surface area contributed by atoms with Crippen molar-refractivity contribution in [2.24, 2.45) is 0 Å². The Bertz CT molecular complexity index is 946. The molecule has 0 saturated heterocycles. The van der Waals surface area contributed by atoms with Gasteiger partial charge in [-0.05, 0) is 29.3 Å². The Morgan fingerprint density at radius 3 is 2.41 bits per heavy atom. The van der Waals surface area contributed by atoms with E-state index in [1.165, 1.54) is 7.11 Å². The molecule has 0 atom stereocenters. The van der Waals surface area contributed by atoms with E-state index in [0.717, 1.165) is 22.4 Å². The first-order valence-corrected chi connectivity index (χ1v) is 8.52. The van der Waals surface area contributed by atoms with Crippen LogP contribution in [0.1, 0.15) is 27.0 Å². The van der Waals surface area contributed by atoms with Crippen LogP contribution in [-0.2, 0) is 6.61 Å². The smallest absolute Gasteiger partial charge is 0.339 e. The molecule has 4 heteroatoms. The fourth-order valence-corrected chi connectivity index (χ4v) is 2.66. The highest BCUT2D eigenvalue weighted by Gasteiger charge is 2.10. The summed E-state index contributed by atoms with van der Waals surface area (Å²) >= 11 is 0. The summed E-state index contributed by atoms with van der Waals surface area (Å²) in [4.78, 5) is 11.2. The van der Waals surface area contributed by atoms with Gasteiger partial charge in [0, 0.05) is 5.56 Å². The molecule has 0 fully saturated rings. The van der Waals surface area contributed by atoms with Crippen LogP contribution < -0.4 is 9.47 Å². The maximum Gasteiger partial charge on any atom is 0.339 e. The fourth-order valence-electron chi connectivity index (χ4n) is 2.66. The number of carboxylic acid groups (broad SMARTS) is 1. The van der Waals surface area contributed by atoms with Gasteiger partial charge in [-0.2, -0.15) is 0 Å². The number of carboxylic acids is 1. The molecular formula is C23H20O4. The molecule has 0 amide bonds. The molecule has 0 aliphatic carbocycles. The zero-order valence-corrected chi connectivity index (χ0v) is 15.0. The third kappa shape index (κ3) is 4.76. The van der Waals surface area contributed by atoms with Gasteiger partial charge < -0.3 is 14.6 Å². The molecule has 0 aromatic heterocycles. The van der Waals surface area contributed by atoms with E-state index in [0.29, 0.717) is 12.4 Å². The Kier molecular flexibility index (Phi) is 5.90. The van der Waals surface area contributed by atoms with E-state index in [4.69, 9.17) is 9.47 Å². The lowest BCUT2D eigenvalue weighted by Crippen LogP contribution is -2.00. The van der Waals surface area contributed by atoms with E-state index in [-0.39, 0.29) is 5.56 Å². The first kappa shape index (κ1) is 18.3. The van der Waals surface area contributed by atoms with E-state index >= 15 is 0 Å². The average Bonchev–Trinajstić information content (AvgIpc) is 2.71. The van der Waals surface area contributed by atoms with Gasteiger partial charge in [-0.3, -0.25) is 0 Å². The lowest BCUT2D eigenvalue weighted by Gasteiger charge is -2.09. The van der Waals surface area contributed by atoms with Crippen molar-refractivity contribution in [3.8, 4) is 11.5 Å². The van der Waals surface area contributed by atoms with Crippen LogP contribution in [0.4, 0.5) is 0 Å². The van der Waals surface area contributed by atoms with Gasteiger partial charge in [0.15, 0.2) is 0 Å². The predicted molar refractivity (Wildman–Crippen MR) is 106 cm³/mol. The van der Waals surface area contributed by atoms with E-state index in [9.17, 15) is 9.90 Å². The summed E-state index contributed by atoms with van der Waals surface area (Å²) in [5.41, 5.74) is 3.02. The fraction of sp³-hybridized carbons (Fsp3) is 0.0870. The second-order valence-electron chi connectivity index (χ2n) is 5.91. The molecule has 3 rings (SSSR count). The van der Waals surface area contributed by atoms with Crippen LogP contribution in [0, 0.1) is 0 Å². The third-order valence-electron chi connectivity index (χ3n) is 4.07. The first-order valence-electron chi connectivity index (χ1n) is 8.52. The molecule has 0 unspecified atom stereocenters. The summed E-state index contributed by atoms with van der Waals surface area (Å²) in [6.45, 7) is 0.493. The topological polar surface area (TPSA) is 55.8 Å². The van der Waals surface area contributed by atoms with Crippen molar-refractivity contribution < 1.29 is 19.4 Å². The van der Waals surface area contributed by atoms with Crippen LogP contribution in [0.2, 0.25) is 0 Å². The van der Waals surface area contributed by atoms with E-state index in [2.05, 4.69) is 0 Å². The SMILES string of the molecule is COc1cc(/C=C\c2ccccc2OCc2ccccc2)ccc1C(=O)O. The Hall–Kier alpha value is -3.53. The maximum atomic E-state index is 11.2. The van der Waals surface area contributed by atoms with Crippen molar-refractivity contribution in [3.05, 3.63) is 95.1 Å². The standard InChI is InChI=1S/C23H20O4/c1-26-22-15-17(12-14-20(22)23(24)25)11-13-19-9-5-6-10-21(19)27-16-18-7-3-2-4-8-18/h2-15H,16H2,1H3,(H,24,25)/b13-11-. The van der Waals surface area contributed by atoms with Crippen molar-refractivity contribution in [2.45, 2.75) is 6.61 Å². The number of hydrogen-bond acceptors (Lipinski definition) is 3. The number of para-hydroxylation sites is 1. The monoisotopic (exact) mass is 360 g/mol. The second-order valence-corrected chi connectivity index (χ2v) is 5.91. The molecule has 4 nitrogen and oxygen atoms in total. The minimum absolute atomic E-state index is 0.140. The van der Waals surface area contributed by atoms with Crippen LogP contribution in [0.5, 0.6) is 11.5 Å². The highest BCUT2D eigenvalue weighted by atomic mass is 16.5. The summed E-state index contributed by atoms with van der Waals surface area (Å²) in [5, 5.41) is 9.17. The molecule has 136 valence electrons. The lowest BCUT2D eigenvalue weighted by atomic mass is 10.1. The van der Waals surface area contributed by atoms with Gasteiger partial charge in [-0.15, -0.1) is 0 Å². The molecule has 0 bridgehead atoms. The molecule has 0 aliphatic heterocycles. The largest absolute Gasteiger partial charge is 0.496 e. The van der Waals surface area contributed by atoms with Crippen LogP contribution in [-0.4, -0.2) is 18.2 Å². The van der Waals surface area contributed by atoms with E-state index in [1.54, 1.807) is 18.2 Å². The van der Waals surface area contributed by atoms with Gasteiger partial charge in [0.1, 0.15) is 23.7 Å². The highest BCUT2D eigenvalue weighted by Crippen LogP contribution is 2.24. The van der Waals surface area contributed by atoms with E-state index in [1.807, 2.05) is 66.7 Å². The van der Waals surface area contributed by atoms with Gasteiger partial charge in [0.2, 0.25) is 0 Å². The van der Waals surface area contributed by atoms with Gasteiger partial charge in [-0.25, -0.2) is 4.79 Å². The number of benzene rings is 3. The van der Waals surface area contributed by atoms with Crippen LogP contribution >= 0.6 is 0 Å². The van der Waals surface area contributed by atoms with Crippen molar-refractivity contribution >= 4 is 18.1 Å². The molecule has 0 radical (unpaired) electrons. The van der Waals surface area contributed by atoms with Gasteiger partial charge in [-0.1, -0.05) is 66.7 Å². The molecule has 3 aromatic carbocycles. The number of methoxy groups -OCH3 is 1. The second kappa shape index (κ2) is 8.72. The quantitative estimate of drug-likeness (QED) is 0.593. The van der Waals surface area contributed by atoms with Crippen molar-refractivity contribution in [3.63, 3.8) is 0 Å². The third-order valence-corrected chi connectivity index (χ3v) is 4.07. The van der Waals surface area contributed by atoms with E-state index < -0.39 is 5.97 Å². The van der Waals surface area contributed by atoms with Gasteiger partial charge in [0.05, 0.1) is 7.11 Å². The molecule has 0 aliphatic rings. The molecular weight excluding hydrogens is 340 g/mol. The average molecular weight is 360 g/mol. The van der Waals surface area contributed by atoms with Gasteiger partial charge in [0.25, 0.3) is 0 Å². The normalized spacial score (nSPS) is 10.7. The van der Waals surface area contributed by atoms with Crippen LogP contribution in [0.25, 0.3) is 12.2 Å². The summed E-state index contributed by atoms with van der Waals surface area (Å²) in [5.74, 6) is 0.104. The van der Waals surface area contributed by atoms with Crippen LogP contribution in [0.3, 0.4) is 0 Å². The Balaban J connectivity index is 1.78. The molecule has 0 saturated carbocycles. The Morgan fingerprint density at radius 2 is 1.67 bits per heavy atom. The molecule has 27 heavy (non-hydrogen) atoms. The van der Waals surface area contributed by atoms with Gasteiger partial charge >= 0.3 is 5.97 Å². The van der Waals surface area contributed by atoms with Crippen LogP contribution in [0.15, 0.2) is 72.8 Å². The summed E-state index contributed by atoms with van der Waals surface area (Å²) in [7, 11) is 1.46. The Morgan fingerprint density at radius 1 is 0.926 bits per heavy atom. The first-order chi connectivity index (χ1) is 13.2. The number of ether oxygens (including phenoxy) is 2. The van der Waals surface area contributed by atoms with Crippen molar-refractivity contribution in [1.82, 2.24) is 0 Å².